The second-order valence-corrected chi connectivity index (χ2v) is 15.4. The van der Waals surface area contributed by atoms with Gasteiger partial charge in [0.2, 0.25) is 0 Å². The predicted molar refractivity (Wildman–Crippen MR) is 239 cm³/mol. The maximum Gasteiger partial charge on any atom is 0.123 e. The van der Waals surface area contributed by atoms with Gasteiger partial charge in [-0.2, -0.15) is 10.5 Å². The second kappa shape index (κ2) is 13.9. The van der Waals surface area contributed by atoms with Gasteiger partial charge < -0.3 is 9.80 Å². The van der Waals surface area contributed by atoms with Crippen molar-refractivity contribution < 1.29 is 8.78 Å². The lowest BCUT2D eigenvalue weighted by Gasteiger charge is -2.41. The summed E-state index contributed by atoms with van der Waals surface area (Å²) < 4.78 is 28.9. The van der Waals surface area contributed by atoms with Crippen LogP contribution in [0.2, 0.25) is 0 Å². The van der Waals surface area contributed by atoms with E-state index in [0.29, 0.717) is 11.1 Å². The number of nitriles is 2. The van der Waals surface area contributed by atoms with Crippen molar-refractivity contribution >= 4 is 44.9 Å². The Labute approximate surface area is 351 Å². The molecule has 2 aliphatic rings. The van der Waals surface area contributed by atoms with Crippen LogP contribution in [-0.4, -0.2) is 0 Å². The van der Waals surface area contributed by atoms with E-state index in [2.05, 4.69) is 119 Å². The fourth-order valence-corrected chi connectivity index (χ4v) is 9.73. The maximum absolute atomic E-state index is 14.5. The van der Waals surface area contributed by atoms with Gasteiger partial charge in [0.1, 0.15) is 11.6 Å². The Morgan fingerprint density at radius 2 is 0.820 bits per heavy atom. The van der Waals surface area contributed by atoms with E-state index in [4.69, 9.17) is 0 Å². The van der Waals surface area contributed by atoms with Crippen LogP contribution in [-0.2, 0) is 5.41 Å². The van der Waals surface area contributed by atoms with Crippen molar-refractivity contribution in [1.29, 1.82) is 10.5 Å². The summed E-state index contributed by atoms with van der Waals surface area (Å²) in [6, 6.07) is 67.2. The average molecular weight is 787 g/mol. The van der Waals surface area contributed by atoms with Gasteiger partial charge in [0.25, 0.3) is 0 Å². The molecule has 0 unspecified atom stereocenters. The van der Waals surface area contributed by atoms with Gasteiger partial charge in [0.15, 0.2) is 0 Å². The van der Waals surface area contributed by atoms with Crippen LogP contribution in [0.1, 0.15) is 33.4 Å². The van der Waals surface area contributed by atoms with Gasteiger partial charge in [-0.3, -0.25) is 0 Å². The molecule has 0 aliphatic heterocycles. The van der Waals surface area contributed by atoms with Crippen LogP contribution in [0.5, 0.6) is 0 Å². The molecular formula is C55H32F2N4. The Balaban J connectivity index is 1.23. The van der Waals surface area contributed by atoms with Crippen molar-refractivity contribution in [3.8, 4) is 34.4 Å². The third-order valence-corrected chi connectivity index (χ3v) is 12.2. The molecule has 4 nitrogen and oxygen atoms in total. The fourth-order valence-electron chi connectivity index (χ4n) is 9.73. The summed E-state index contributed by atoms with van der Waals surface area (Å²) >= 11 is 0. The van der Waals surface area contributed by atoms with E-state index in [1.807, 2.05) is 24.3 Å². The summed E-state index contributed by atoms with van der Waals surface area (Å²) in [6.45, 7) is 0. The third kappa shape index (κ3) is 5.40. The smallest absolute Gasteiger partial charge is 0.123 e. The van der Waals surface area contributed by atoms with E-state index in [1.165, 1.54) is 46.5 Å². The molecule has 286 valence electrons. The minimum Gasteiger partial charge on any atom is -0.310 e. The first kappa shape index (κ1) is 35.8. The molecule has 61 heavy (non-hydrogen) atoms. The Hall–Kier alpha value is -8.32. The average Bonchev–Trinajstić information content (AvgIpc) is 3.61. The summed E-state index contributed by atoms with van der Waals surface area (Å²) in [6.07, 6.45) is 0. The summed E-state index contributed by atoms with van der Waals surface area (Å²) in [5, 5.41) is 21.4. The summed E-state index contributed by atoms with van der Waals surface area (Å²) in [5.74, 6) is -0.651. The molecule has 0 fully saturated rings. The number of nitrogens with zero attached hydrogens (tertiary/aromatic N) is 4. The van der Waals surface area contributed by atoms with Crippen LogP contribution >= 0.6 is 0 Å². The van der Waals surface area contributed by atoms with E-state index in [0.717, 1.165) is 67.2 Å². The van der Waals surface area contributed by atoms with Crippen LogP contribution in [0, 0.1) is 34.3 Å². The van der Waals surface area contributed by atoms with Crippen LogP contribution in [0.25, 0.3) is 33.0 Å². The van der Waals surface area contributed by atoms with Crippen LogP contribution < -0.4 is 9.80 Å². The van der Waals surface area contributed by atoms with Gasteiger partial charge in [-0.1, -0.05) is 78.9 Å². The predicted octanol–water partition coefficient (Wildman–Crippen LogP) is 14.1. The number of hydrogen-bond acceptors (Lipinski definition) is 4. The largest absolute Gasteiger partial charge is 0.310 e. The number of rotatable bonds is 6. The van der Waals surface area contributed by atoms with Crippen molar-refractivity contribution in [2.75, 3.05) is 9.80 Å². The Morgan fingerprint density at radius 3 is 1.36 bits per heavy atom. The standard InChI is InChI=1S/C55H32F2N4/c56-37-16-24-40(25-17-37)60(39-20-12-35(33-58)13-21-39)43-28-29-46-47-30-31-53(61(42-26-18-38(57)19-27-42)41-22-14-36(34-59)15-23-41)48-8-5-11-51(54(47)48)55(52(46)32-43)49-9-3-1-6-44(49)45-7-2-4-10-50(45)55/h1-32H. The van der Waals surface area contributed by atoms with Crippen molar-refractivity contribution in [2.24, 2.45) is 0 Å². The molecule has 0 atom stereocenters. The minimum atomic E-state index is -0.752. The number of anilines is 6. The lowest BCUT2D eigenvalue weighted by atomic mass is 9.61. The van der Waals surface area contributed by atoms with Crippen molar-refractivity contribution in [1.82, 2.24) is 0 Å². The summed E-state index contributed by atoms with van der Waals surface area (Å²) in [7, 11) is 0. The summed E-state index contributed by atoms with van der Waals surface area (Å²) in [5.41, 5.74) is 14.4. The van der Waals surface area contributed by atoms with Crippen LogP contribution in [0.4, 0.5) is 42.9 Å². The normalized spacial score (nSPS) is 12.5. The molecule has 0 heterocycles. The van der Waals surface area contributed by atoms with Gasteiger partial charge in [-0.05, 0) is 165 Å². The molecule has 0 saturated carbocycles. The minimum absolute atomic E-state index is 0.325. The van der Waals surface area contributed by atoms with Gasteiger partial charge >= 0.3 is 0 Å². The molecule has 9 aromatic carbocycles. The first-order chi connectivity index (χ1) is 30.0. The highest BCUT2D eigenvalue weighted by atomic mass is 19.1. The molecule has 11 rings (SSSR count). The summed E-state index contributed by atoms with van der Waals surface area (Å²) in [4.78, 5) is 4.24. The SMILES string of the molecule is N#Cc1ccc(N(c2ccc(F)cc2)c2ccc3c(c2)C2(c4ccccc4-c4ccccc42)c2cccc4c(N(c5ccc(F)cc5)c5ccc(C#N)cc5)ccc-3c24)cc1. The monoisotopic (exact) mass is 786 g/mol. The second-order valence-electron chi connectivity index (χ2n) is 15.4. The molecule has 0 amide bonds. The molecular weight excluding hydrogens is 755 g/mol. The molecule has 0 radical (unpaired) electrons. The highest BCUT2D eigenvalue weighted by Crippen LogP contribution is 2.63. The Morgan fingerprint density at radius 1 is 0.377 bits per heavy atom. The number of hydrogen-bond donors (Lipinski definition) is 0. The molecule has 0 N–H and O–H groups in total. The van der Waals surface area contributed by atoms with E-state index in [-0.39, 0.29) is 11.6 Å². The van der Waals surface area contributed by atoms with E-state index in [1.54, 1.807) is 48.5 Å². The number of fused-ring (bicyclic) bond motifs is 9. The topological polar surface area (TPSA) is 54.1 Å². The van der Waals surface area contributed by atoms with Crippen molar-refractivity contribution in [3.63, 3.8) is 0 Å². The maximum atomic E-state index is 14.5. The van der Waals surface area contributed by atoms with Gasteiger partial charge in [0, 0.05) is 33.8 Å². The van der Waals surface area contributed by atoms with E-state index >= 15 is 0 Å². The van der Waals surface area contributed by atoms with Crippen molar-refractivity contribution in [2.45, 2.75) is 5.41 Å². The first-order valence-corrected chi connectivity index (χ1v) is 20.0. The first-order valence-electron chi connectivity index (χ1n) is 20.0. The lowest BCUT2D eigenvalue weighted by molar-refractivity contribution is 0.627. The zero-order valence-electron chi connectivity index (χ0n) is 32.5. The number of halogens is 2. The molecule has 0 bridgehead atoms. The highest BCUT2D eigenvalue weighted by molar-refractivity contribution is 6.12. The van der Waals surface area contributed by atoms with Gasteiger partial charge in [-0.25, -0.2) is 8.78 Å². The third-order valence-electron chi connectivity index (χ3n) is 12.2. The van der Waals surface area contributed by atoms with Crippen LogP contribution in [0.15, 0.2) is 194 Å². The molecule has 2 aliphatic carbocycles. The zero-order valence-corrected chi connectivity index (χ0v) is 32.5. The van der Waals surface area contributed by atoms with E-state index in [9.17, 15) is 19.3 Å². The molecule has 1 spiro atoms. The number of benzene rings is 9. The zero-order chi connectivity index (χ0) is 41.2. The molecule has 0 saturated heterocycles. The molecule has 9 aromatic rings. The van der Waals surface area contributed by atoms with Gasteiger partial charge in [-0.15, -0.1) is 0 Å². The Kier molecular flexibility index (Phi) is 8.17. The fraction of sp³-hybridized carbons (Fsp3) is 0.0182. The van der Waals surface area contributed by atoms with Gasteiger partial charge in [0.05, 0.1) is 34.4 Å². The Bertz CT molecular complexity index is 3240. The lowest BCUT2D eigenvalue weighted by Crippen LogP contribution is -2.32. The highest BCUT2D eigenvalue weighted by Gasteiger charge is 2.50. The quantitative estimate of drug-likeness (QED) is 0.168. The molecule has 0 aromatic heterocycles. The van der Waals surface area contributed by atoms with E-state index < -0.39 is 5.41 Å². The van der Waals surface area contributed by atoms with Crippen molar-refractivity contribution in [3.05, 3.63) is 239 Å². The molecule has 6 heteroatoms. The van der Waals surface area contributed by atoms with Crippen LogP contribution in [0.3, 0.4) is 0 Å².